The summed E-state index contributed by atoms with van der Waals surface area (Å²) in [5.74, 6) is 0.804. The van der Waals surface area contributed by atoms with Crippen molar-refractivity contribution >= 4 is 0 Å². The molecule has 0 bridgehead atoms. The molecule has 0 amide bonds. The first-order chi connectivity index (χ1) is 10.5. The van der Waals surface area contributed by atoms with E-state index in [0.29, 0.717) is 12.8 Å². The van der Waals surface area contributed by atoms with Crippen molar-refractivity contribution in [3.63, 3.8) is 0 Å². The summed E-state index contributed by atoms with van der Waals surface area (Å²) in [5.41, 5.74) is 1.19. The molecule has 1 unspecified atom stereocenters. The van der Waals surface area contributed by atoms with E-state index in [2.05, 4.69) is 17.0 Å². The van der Waals surface area contributed by atoms with Crippen molar-refractivity contribution in [3.8, 4) is 5.75 Å². The molecule has 2 aromatic carbocycles. The Hall–Kier alpha value is -1.84. The molecular weight excluding hydrogens is 274 g/mol. The normalized spacial score (nSPS) is 13.9. The summed E-state index contributed by atoms with van der Waals surface area (Å²) < 4.78 is 5.21. The monoisotopic (exact) mass is 299 g/mol. The number of benzene rings is 2. The fourth-order valence-electron chi connectivity index (χ4n) is 2.58. The minimum absolute atomic E-state index is 0.605. The lowest BCUT2D eigenvalue weighted by atomic mass is 9.84. The molecule has 0 radical (unpaired) electrons. The lowest BCUT2D eigenvalue weighted by Crippen LogP contribution is -2.32. The largest absolute Gasteiger partial charge is 0.497 e. The van der Waals surface area contributed by atoms with Crippen LogP contribution in [-0.4, -0.2) is 37.8 Å². The third-order valence-electron chi connectivity index (χ3n) is 3.94. The number of methoxy groups -OCH3 is 1. The number of hydrogen-bond donors (Lipinski definition) is 1. The van der Waals surface area contributed by atoms with Crippen LogP contribution in [0.4, 0.5) is 0 Å². The van der Waals surface area contributed by atoms with Gasteiger partial charge in [-0.1, -0.05) is 42.5 Å². The van der Waals surface area contributed by atoms with Gasteiger partial charge in [0, 0.05) is 13.0 Å². The van der Waals surface area contributed by atoms with E-state index in [1.54, 1.807) is 7.11 Å². The summed E-state index contributed by atoms with van der Waals surface area (Å²) in [6.45, 7) is 0.829. The number of ether oxygens (including phenoxy) is 1. The minimum Gasteiger partial charge on any atom is -0.497 e. The van der Waals surface area contributed by atoms with Gasteiger partial charge in [0.05, 0.1) is 12.7 Å². The van der Waals surface area contributed by atoms with Crippen LogP contribution in [0.2, 0.25) is 0 Å². The number of rotatable bonds is 7. The van der Waals surface area contributed by atoms with Crippen LogP contribution in [0.1, 0.15) is 17.5 Å². The molecule has 0 heterocycles. The Morgan fingerprint density at radius 1 is 1.00 bits per heavy atom. The second kappa shape index (κ2) is 7.43. The van der Waals surface area contributed by atoms with E-state index in [1.807, 2.05) is 56.6 Å². The zero-order valence-corrected chi connectivity index (χ0v) is 13.6. The molecule has 2 rings (SSSR count). The summed E-state index contributed by atoms with van der Waals surface area (Å²) in [6, 6.07) is 17.9. The molecule has 0 saturated heterocycles. The van der Waals surface area contributed by atoms with Crippen molar-refractivity contribution in [2.45, 2.75) is 18.4 Å². The van der Waals surface area contributed by atoms with Gasteiger partial charge in [0.2, 0.25) is 0 Å². The standard InChI is InChI=1S/C19H25NO2/c1-20(2)14-13-19(21,15-16-7-5-4-6-8-16)17-9-11-18(22-3)12-10-17/h4-12,21H,13-15H2,1-3H3. The quantitative estimate of drug-likeness (QED) is 0.853. The highest BCUT2D eigenvalue weighted by molar-refractivity contribution is 5.32. The highest BCUT2D eigenvalue weighted by Gasteiger charge is 2.29. The van der Waals surface area contributed by atoms with Gasteiger partial charge < -0.3 is 14.7 Å². The Morgan fingerprint density at radius 2 is 1.64 bits per heavy atom. The van der Waals surface area contributed by atoms with Crippen molar-refractivity contribution in [1.29, 1.82) is 0 Å². The van der Waals surface area contributed by atoms with Crippen LogP contribution in [0.3, 0.4) is 0 Å². The summed E-state index contributed by atoms with van der Waals surface area (Å²) in [6.07, 6.45) is 1.29. The molecule has 2 aromatic rings. The van der Waals surface area contributed by atoms with Gasteiger partial charge in [0.25, 0.3) is 0 Å². The van der Waals surface area contributed by atoms with Gasteiger partial charge in [-0.15, -0.1) is 0 Å². The van der Waals surface area contributed by atoms with Crippen molar-refractivity contribution < 1.29 is 9.84 Å². The van der Waals surface area contributed by atoms with Gasteiger partial charge in [-0.2, -0.15) is 0 Å². The molecule has 3 nitrogen and oxygen atoms in total. The van der Waals surface area contributed by atoms with Gasteiger partial charge in [-0.25, -0.2) is 0 Å². The fraction of sp³-hybridized carbons (Fsp3) is 0.368. The van der Waals surface area contributed by atoms with Crippen molar-refractivity contribution in [2.24, 2.45) is 0 Å². The lowest BCUT2D eigenvalue weighted by Gasteiger charge is -2.30. The van der Waals surface area contributed by atoms with E-state index >= 15 is 0 Å². The minimum atomic E-state index is -0.877. The molecule has 0 aliphatic rings. The number of hydrogen-bond acceptors (Lipinski definition) is 3. The summed E-state index contributed by atoms with van der Waals surface area (Å²) in [7, 11) is 5.70. The third-order valence-corrected chi connectivity index (χ3v) is 3.94. The van der Waals surface area contributed by atoms with Crippen molar-refractivity contribution in [1.82, 2.24) is 4.90 Å². The van der Waals surface area contributed by atoms with Crippen LogP contribution < -0.4 is 4.74 Å². The van der Waals surface area contributed by atoms with Crippen LogP contribution in [0.25, 0.3) is 0 Å². The SMILES string of the molecule is COc1ccc(C(O)(CCN(C)C)Cc2ccccc2)cc1. The van der Waals surface area contributed by atoms with Gasteiger partial charge in [-0.3, -0.25) is 0 Å². The van der Waals surface area contributed by atoms with E-state index < -0.39 is 5.60 Å². The molecule has 118 valence electrons. The lowest BCUT2D eigenvalue weighted by molar-refractivity contribution is 0.0212. The van der Waals surface area contributed by atoms with Crippen LogP contribution in [0, 0.1) is 0 Å². The average molecular weight is 299 g/mol. The highest BCUT2D eigenvalue weighted by atomic mass is 16.5. The zero-order chi connectivity index (χ0) is 16.0. The summed E-state index contributed by atoms with van der Waals surface area (Å²) in [4.78, 5) is 2.10. The van der Waals surface area contributed by atoms with Gasteiger partial charge in [0.15, 0.2) is 0 Å². The number of nitrogens with zero attached hydrogens (tertiary/aromatic N) is 1. The van der Waals surface area contributed by atoms with E-state index in [0.717, 1.165) is 23.4 Å². The predicted molar refractivity (Wildman–Crippen MR) is 90.2 cm³/mol. The van der Waals surface area contributed by atoms with Crippen molar-refractivity contribution in [2.75, 3.05) is 27.7 Å². The molecule has 0 aromatic heterocycles. The molecule has 3 heteroatoms. The fourth-order valence-corrected chi connectivity index (χ4v) is 2.58. The predicted octanol–water partition coefficient (Wildman–Crippen LogP) is 3.08. The summed E-state index contributed by atoms with van der Waals surface area (Å²) >= 11 is 0. The molecule has 0 fully saturated rings. The van der Waals surface area contributed by atoms with Gasteiger partial charge in [-0.05, 0) is 43.8 Å². The van der Waals surface area contributed by atoms with Crippen LogP contribution in [0.5, 0.6) is 5.75 Å². The van der Waals surface area contributed by atoms with E-state index in [-0.39, 0.29) is 0 Å². The van der Waals surface area contributed by atoms with E-state index in [9.17, 15) is 5.11 Å². The van der Waals surface area contributed by atoms with Crippen molar-refractivity contribution in [3.05, 3.63) is 65.7 Å². The molecule has 0 aliphatic heterocycles. The number of aliphatic hydroxyl groups is 1. The first-order valence-corrected chi connectivity index (χ1v) is 7.59. The van der Waals surface area contributed by atoms with Gasteiger partial charge in [0.1, 0.15) is 5.75 Å². The first-order valence-electron chi connectivity index (χ1n) is 7.59. The van der Waals surface area contributed by atoms with Gasteiger partial charge >= 0.3 is 0 Å². The second-order valence-electron chi connectivity index (χ2n) is 5.98. The third kappa shape index (κ3) is 4.33. The Labute approximate surface area is 133 Å². The van der Waals surface area contributed by atoms with Crippen LogP contribution in [0.15, 0.2) is 54.6 Å². The second-order valence-corrected chi connectivity index (χ2v) is 5.98. The Morgan fingerprint density at radius 3 is 2.18 bits per heavy atom. The van der Waals surface area contributed by atoms with Crippen LogP contribution >= 0.6 is 0 Å². The Bertz CT molecular complexity index is 566. The molecule has 1 N–H and O–H groups in total. The maximum Gasteiger partial charge on any atom is 0.118 e. The molecule has 1 atom stereocenters. The molecule has 0 spiro atoms. The topological polar surface area (TPSA) is 32.7 Å². The van der Waals surface area contributed by atoms with E-state index in [4.69, 9.17) is 4.74 Å². The Balaban J connectivity index is 2.26. The first kappa shape index (κ1) is 16.5. The maximum atomic E-state index is 11.3. The van der Waals surface area contributed by atoms with Crippen LogP contribution in [-0.2, 0) is 12.0 Å². The zero-order valence-electron chi connectivity index (χ0n) is 13.6. The molecule has 0 aliphatic carbocycles. The smallest absolute Gasteiger partial charge is 0.118 e. The molecule has 0 saturated carbocycles. The highest BCUT2D eigenvalue weighted by Crippen LogP contribution is 2.30. The Kier molecular flexibility index (Phi) is 5.58. The average Bonchev–Trinajstić information content (AvgIpc) is 2.54. The molecule has 22 heavy (non-hydrogen) atoms. The summed E-state index contributed by atoms with van der Waals surface area (Å²) in [5, 5.41) is 11.3. The van der Waals surface area contributed by atoms with E-state index in [1.165, 1.54) is 0 Å². The maximum absolute atomic E-state index is 11.3. The molecular formula is C19H25NO2.